The number of carbonyl (C=O) groups excluding carboxylic acids is 2. The second kappa shape index (κ2) is 4.99. The van der Waals surface area contributed by atoms with Gasteiger partial charge in [0.2, 0.25) is 5.91 Å². The summed E-state index contributed by atoms with van der Waals surface area (Å²) in [7, 11) is 0. The Labute approximate surface area is 100 Å². The lowest BCUT2D eigenvalue weighted by Crippen LogP contribution is -2.39. The number of hydrogen-bond acceptors (Lipinski definition) is 3. The number of ether oxygens (including phenoxy) is 1. The molecule has 1 atom stereocenters. The summed E-state index contributed by atoms with van der Waals surface area (Å²) < 4.78 is 4.97. The summed E-state index contributed by atoms with van der Waals surface area (Å²) in [6, 6.07) is -0.272. The van der Waals surface area contributed by atoms with E-state index in [1.54, 1.807) is 6.92 Å². The second-order valence-electron chi connectivity index (χ2n) is 3.94. The van der Waals surface area contributed by atoms with E-state index in [1.807, 2.05) is 30.4 Å². The minimum Gasteiger partial charge on any atom is -0.446 e. The molecule has 0 N–H and O–H groups in total. The molecule has 2 rings (SSSR count). The summed E-state index contributed by atoms with van der Waals surface area (Å²) in [6.07, 6.45) is 10.4. The van der Waals surface area contributed by atoms with Crippen molar-refractivity contribution in [3.05, 3.63) is 36.0 Å². The van der Waals surface area contributed by atoms with Gasteiger partial charge < -0.3 is 4.74 Å². The fourth-order valence-electron chi connectivity index (χ4n) is 1.96. The average Bonchev–Trinajstić information content (AvgIpc) is 2.57. The normalized spacial score (nSPS) is 23.4. The summed E-state index contributed by atoms with van der Waals surface area (Å²) in [6.45, 7) is 1.99. The Morgan fingerprint density at radius 2 is 2.35 bits per heavy atom. The molecule has 0 unspecified atom stereocenters. The summed E-state index contributed by atoms with van der Waals surface area (Å²) in [5.41, 5.74) is 0.961. The van der Waals surface area contributed by atoms with Gasteiger partial charge in [-0.15, -0.1) is 0 Å². The van der Waals surface area contributed by atoms with Crippen LogP contribution in [-0.2, 0) is 9.53 Å². The van der Waals surface area contributed by atoms with Crippen molar-refractivity contribution in [1.82, 2.24) is 4.90 Å². The highest BCUT2D eigenvalue weighted by Crippen LogP contribution is 2.23. The smallest absolute Gasteiger partial charge is 0.417 e. The van der Waals surface area contributed by atoms with Crippen LogP contribution in [0.25, 0.3) is 0 Å². The zero-order valence-electron chi connectivity index (χ0n) is 9.76. The van der Waals surface area contributed by atoms with Crippen LogP contribution in [0.3, 0.4) is 0 Å². The molecule has 2 aliphatic rings. The minimum atomic E-state index is -0.534. The maximum atomic E-state index is 11.7. The van der Waals surface area contributed by atoms with Gasteiger partial charge >= 0.3 is 6.09 Å². The molecule has 0 aromatic heterocycles. The van der Waals surface area contributed by atoms with E-state index < -0.39 is 6.09 Å². The number of allylic oxidation sites excluding steroid dienone is 4. The first-order valence-corrected chi connectivity index (χ1v) is 5.76. The zero-order chi connectivity index (χ0) is 12.3. The Hall–Kier alpha value is -1.84. The number of amides is 2. The third kappa shape index (κ3) is 2.30. The molecule has 0 aromatic rings. The number of hydrogen-bond donors (Lipinski definition) is 0. The van der Waals surface area contributed by atoms with Crippen LogP contribution in [0.15, 0.2) is 36.0 Å². The number of carbonyl (C=O) groups is 2. The summed E-state index contributed by atoms with van der Waals surface area (Å²) in [5, 5.41) is 0. The number of imide groups is 1. The van der Waals surface area contributed by atoms with Crippen molar-refractivity contribution in [2.75, 3.05) is 6.61 Å². The van der Waals surface area contributed by atoms with Gasteiger partial charge in [-0.25, -0.2) is 9.69 Å². The van der Waals surface area contributed by atoms with E-state index in [0.29, 0.717) is 6.42 Å². The van der Waals surface area contributed by atoms with Gasteiger partial charge in [-0.3, -0.25) is 4.79 Å². The van der Waals surface area contributed by atoms with Gasteiger partial charge in [0.1, 0.15) is 12.6 Å². The molecule has 1 saturated heterocycles. The zero-order valence-corrected chi connectivity index (χ0v) is 9.76. The van der Waals surface area contributed by atoms with Gasteiger partial charge in [0.25, 0.3) is 0 Å². The quantitative estimate of drug-likeness (QED) is 0.734. The standard InChI is InChI=1S/C13H15NO3/c1-2-12(15)14-11(9-17-13(14)16)10-7-5-3-4-6-8-10/h3-5,7-8,11H,2,6,9H2,1H3/t11-/m1/s1. The Morgan fingerprint density at radius 3 is 3.12 bits per heavy atom. The van der Waals surface area contributed by atoms with Crippen LogP contribution in [0.2, 0.25) is 0 Å². The van der Waals surface area contributed by atoms with Crippen LogP contribution in [0.1, 0.15) is 19.8 Å². The molecule has 4 nitrogen and oxygen atoms in total. The fourth-order valence-corrected chi connectivity index (χ4v) is 1.96. The molecular formula is C13H15NO3. The molecule has 17 heavy (non-hydrogen) atoms. The molecular weight excluding hydrogens is 218 g/mol. The van der Waals surface area contributed by atoms with Crippen LogP contribution in [0, 0.1) is 0 Å². The average molecular weight is 233 g/mol. The highest BCUT2D eigenvalue weighted by Gasteiger charge is 2.38. The predicted octanol–water partition coefficient (Wildman–Crippen LogP) is 2.19. The predicted molar refractivity (Wildman–Crippen MR) is 63.3 cm³/mol. The minimum absolute atomic E-state index is 0.191. The van der Waals surface area contributed by atoms with E-state index in [2.05, 4.69) is 0 Å². The molecule has 0 bridgehead atoms. The van der Waals surface area contributed by atoms with E-state index in [4.69, 9.17) is 4.74 Å². The molecule has 90 valence electrons. The van der Waals surface area contributed by atoms with Crippen molar-refractivity contribution < 1.29 is 14.3 Å². The van der Waals surface area contributed by atoms with Crippen molar-refractivity contribution >= 4 is 12.0 Å². The Balaban J connectivity index is 2.22. The van der Waals surface area contributed by atoms with Crippen LogP contribution >= 0.6 is 0 Å². The second-order valence-corrected chi connectivity index (χ2v) is 3.94. The van der Waals surface area contributed by atoms with E-state index in [9.17, 15) is 9.59 Å². The van der Waals surface area contributed by atoms with Crippen molar-refractivity contribution in [2.24, 2.45) is 0 Å². The lowest BCUT2D eigenvalue weighted by atomic mass is 10.1. The first-order valence-electron chi connectivity index (χ1n) is 5.76. The summed E-state index contributed by atoms with van der Waals surface area (Å²) in [5.74, 6) is -0.191. The van der Waals surface area contributed by atoms with Crippen LogP contribution in [0.4, 0.5) is 4.79 Å². The third-order valence-corrected chi connectivity index (χ3v) is 2.85. The van der Waals surface area contributed by atoms with Gasteiger partial charge in [-0.1, -0.05) is 37.3 Å². The fraction of sp³-hybridized carbons (Fsp3) is 0.385. The maximum Gasteiger partial charge on any atom is 0.417 e. The van der Waals surface area contributed by atoms with Crippen LogP contribution in [-0.4, -0.2) is 29.5 Å². The van der Waals surface area contributed by atoms with E-state index in [0.717, 1.165) is 12.0 Å². The summed E-state index contributed by atoms with van der Waals surface area (Å²) >= 11 is 0. The Bertz CT molecular complexity index is 420. The highest BCUT2D eigenvalue weighted by molar-refractivity contribution is 5.94. The third-order valence-electron chi connectivity index (χ3n) is 2.85. The number of nitrogens with zero attached hydrogens (tertiary/aromatic N) is 1. The molecule has 1 aliphatic carbocycles. The van der Waals surface area contributed by atoms with Crippen LogP contribution in [0.5, 0.6) is 0 Å². The Morgan fingerprint density at radius 1 is 1.53 bits per heavy atom. The lowest BCUT2D eigenvalue weighted by Gasteiger charge is -2.19. The molecule has 0 aromatic carbocycles. The van der Waals surface area contributed by atoms with Crippen molar-refractivity contribution in [3.8, 4) is 0 Å². The lowest BCUT2D eigenvalue weighted by molar-refractivity contribution is -0.128. The topological polar surface area (TPSA) is 46.6 Å². The summed E-state index contributed by atoms with van der Waals surface area (Å²) in [4.78, 5) is 24.5. The Kier molecular flexibility index (Phi) is 3.42. The van der Waals surface area contributed by atoms with Gasteiger partial charge in [-0.2, -0.15) is 0 Å². The van der Waals surface area contributed by atoms with Gasteiger partial charge in [-0.05, 0) is 12.0 Å². The largest absolute Gasteiger partial charge is 0.446 e. The number of rotatable bonds is 2. The first-order chi connectivity index (χ1) is 8.24. The van der Waals surface area contributed by atoms with E-state index in [-0.39, 0.29) is 18.6 Å². The molecule has 1 fully saturated rings. The maximum absolute atomic E-state index is 11.7. The SMILES string of the molecule is CCC(=O)N1C(=O)OC[C@@H]1C1=CCC=CC=C1. The van der Waals surface area contributed by atoms with E-state index in [1.165, 1.54) is 4.90 Å². The van der Waals surface area contributed by atoms with Gasteiger partial charge in [0.15, 0.2) is 0 Å². The molecule has 4 heteroatoms. The molecule has 2 amide bonds. The van der Waals surface area contributed by atoms with Gasteiger partial charge in [0.05, 0.1) is 0 Å². The molecule has 1 aliphatic heterocycles. The molecule has 0 saturated carbocycles. The highest BCUT2D eigenvalue weighted by atomic mass is 16.6. The molecule has 1 heterocycles. The van der Waals surface area contributed by atoms with Crippen molar-refractivity contribution in [2.45, 2.75) is 25.8 Å². The monoisotopic (exact) mass is 233 g/mol. The van der Waals surface area contributed by atoms with Crippen LogP contribution < -0.4 is 0 Å². The number of cyclic esters (lactones) is 1. The molecule has 0 radical (unpaired) electrons. The first kappa shape index (κ1) is 11.6. The van der Waals surface area contributed by atoms with E-state index >= 15 is 0 Å². The molecule has 0 spiro atoms. The van der Waals surface area contributed by atoms with Crippen molar-refractivity contribution in [3.63, 3.8) is 0 Å². The van der Waals surface area contributed by atoms with Crippen molar-refractivity contribution in [1.29, 1.82) is 0 Å². The van der Waals surface area contributed by atoms with Gasteiger partial charge in [0, 0.05) is 6.42 Å².